The number of aliphatic hydroxyl groups is 1. The van der Waals surface area contributed by atoms with Crippen molar-refractivity contribution in [2.45, 2.75) is 45.1 Å². The third kappa shape index (κ3) is 2.08. The summed E-state index contributed by atoms with van der Waals surface area (Å²) in [6.07, 6.45) is 8.20. The van der Waals surface area contributed by atoms with Gasteiger partial charge in [-0.15, -0.1) is 0 Å². The minimum Gasteiger partial charge on any atom is -0.482 e. The fourth-order valence-electron chi connectivity index (χ4n) is 3.19. The average Bonchev–Trinajstić information content (AvgIpc) is 2.48. The number of aryl methyl sites for hydroxylation is 1. The van der Waals surface area contributed by atoms with Crippen LogP contribution in [0.3, 0.4) is 0 Å². The predicted octanol–water partition coefficient (Wildman–Crippen LogP) is 3.89. The molecule has 1 heterocycles. The van der Waals surface area contributed by atoms with Crippen LogP contribution in [0.4, 0.5) is 0 Å². The van der Waals surface area contributed by atoms with Gasteiger partial charge in [-0.05, 0) is 41.7 Å². The second kappa shape index (κ2) is 5.10. The monoisotopic (exact) mass is 270 g/mol. The molecule has 1 unspecified atom stereocenters. The summed E-state index contributed by atoms with van der Waals surface area (Å²) < 4.78 is 6.32. The molecule has 0 aromatic heterocycles. The molecule has 20 heavy (non-hydrogen) atoms. The molecule has 2 nitrogen and oxygen atoms in total. The quantitative estimate of drug-likeness (QED) is 0.899. The molecule has 0 radical (unpaired) electrons. The zero-order valence-corrected chi connectivity index (χ0v) is 12.3. The fourth-order valence-corrected chi connectivity index (χ4v) is 3.19. The number of fused-ring (bicyclic) bond motifs is 4. The van der Waals surface area contributed by atoms with E-state index in [0.717, 1.165) is 42.6 Å². The van der Waals surface area contributed by atoms with Crippen molar-refractivity contribution >= 4 is 5.57 Å². The Morgan fingerprint density at radius 1 is 1.30 bits per heavy atom. The van der Waals surface area contributed by atoms with Gasteiger partial charge in [0.25, 0.3) is 0 Å². The Morgan fingerprint density at radius 3 is 2.85 bits per heavy atom. The largest absolute Gasteiger partial charge is 0.482 e. The normalized spacial score (nSPS) is 23.6. The summed E-state index contributed by atoms with van der Waals surface area (Å²) in [5.74, 6) is 0.981. The third-order valence-electron chi connectivity index (χ3n) is 4.44. The van der Waals surface area contributed by atoms with Crippen molar-refractivity contribution in [3.63, 3.8) is 0 Å². The molecule has 1 aliphatic heterocycles. The maximum absolute atomic E-state index is 9.57. The highest BCUT2D eigenvalue weighted by Crippen LogP contribution is 2.46. The van der Waals surface area contributed by atoms with E-state index in [-0.39, 0.29) is 12.2 Å². The van der Waals surface area contributed by atoms with Gasteiger partial charge in [-0.25, -0.2) is 0 Å². The topological polar surface area (TPSA) is 29.5 Å². The summed E-state index contributed by atoms with van der Waals surface area (Å²) in [5, 5.41) is 9.57. The molecule has 0 saturated carbocycles. The Kier molecular flexibility index (Phi) is 3.43. The fraction of sp³-hybridized carbons (Fsp3) is 0.444. The second-order valence-corrected chi connectivity index (χ2v) is 5.77. The highest BCUT2D eigenvalue weighted by Gasteiger charge is 2.38. The van der Waals surface area contributed by atoms with Crippen molar-refractivity contribution < 1.29 is 9.84 Å². The SMILES string of the molecule is CCCc1ccc2c(c1)OC1(CC)C=CC(CO)=C2C1. The highest BCUT2D eigenvalue weighted by atomic mass is 16.5. The number of benzene rings is 1. The number of hydrogen-bond donors (Lipinski definition) is 1. The van der Waals surface area contributed by atoms with Crippen LogP contribution in [0.25, 0.3) is 5.57 Å². The van der Waals surface area contributed by atoms with Crippen molar-refractivity contribution in [1.29, 1.82) is 0 Å². The van der Waals surface area contributed by atoms with Gasteiger partial charge < -0.3 is 9.84 Å². The summed E-state index contributed by atoms with van der Waals surface area (Å²) >= 11 is 0. The summed E-state index contributed by atoms with van der Waals surface area (Å²) in [5.41, 5.74) is 4.55. The summed E-state index contributed by atoms with van der Waals surface area (Å²) in [7, 11) is 0. The molecule has 1 N–H and O–H groups in total. The van der Waals surface area contributed by atoms with Crippen LogP contribution in [0.15, 0.2) is 35.9 Å². The molecule has 1 atom stereocenters. The first-order valence-corrected chi connectivity index (χ1v) is 7.56. The standard InChI is InChI=1S/C18H22O2/c1-3-5-13-6-7-15-16-11-18(4-2,20-17(15)10-13)9-8-14(16)12-19/h6-10,19H,3-5,11-12H2,1-2H3. The van der Waals surface area contributed by atoms with E-state index in [9.17, 15) is 5.11 Å². The number of ether oxygens (including phenoxy) is 1. The van der Waals surface area contributed by atoms with E-state index in [1.165, 1.54) is 11.1 Å². The van der Waals surface area contributed by atoms with Gasteiger partial charge in [0, 0.05) is 12.0 Å². The second-order valence-electron chi connectivity index (χ2n) is 5.77. The van der Waals surface area contributed by atoms with Crippen molar-refractivity contribution in [3.8, 4) is 5.75 Å². The predicted molar refractivity (Wildman–Crippen MR) is 81.8 cm³/mol. The van der Waals surface area contributed by atoms with E-state index < -0.39 is 0 Å². The molecule has 1 aromatic rings. The number of aliphatic hydroxyl groups excluding tert-OH is 1. The lowest BCUT2D eigenvalue weighted by Gasteiger charge is -2.40. The summed E-state index contributed by atoms with van der Waals surface area (Å²) in [6, 6.07) is 6.52. The van der Waals surface area contributed by atoms with Crippen molar-refractivity contribution in [2.24, 2.45) is 0 Å². The van der Waals surface area contributed by atoms with Gasteiger partial charge in [0.05, 0.1) is 6.61 Å². The molecule has 0 fully saturated rings. The third-order valence-corrected chi connectivity index (χ3v) is 4.44. The molecule has 2 heteroatoms. The van der Waals surface area contributed by atoms with Crippen molar-refractivity contribution in [2.75, 3.05) is 6.61 Å². The van der Waals surface area contributed by atoms with E-state index in [1.54, 1.807) is 0 Å². The van der Waals surface area contributed by atoms with Gasteiger partial charge in [-0.1, -0.05) is 38.5 Å². The maximum atomic E-state index is 9.57. The minimum atomic E-state index is -0.216. The van der Waals surface area contributed by atoms with Crippen LogP contribution in [-0.2, 0) is 6.42 Å². The lowest BCUT2D eigenvalue weighted by atomic mass is 9.78. The van der Waals surface area contributed by atoms with Crippen LogP contribution < -0.4 is 4.74 Å². The zero-order valence-electron chi connectivity index (χ0n) is 12.3. The van der Waals surface area contributed by atoms with Crippen molar-refractivity contribution in [3.05, 3.63) is 47.1 Å². The van der Waals surface area contributed by atoms with Crippen molar-refractivity contribution in [1.82, 2.24) is 0 Å². The van der Waals surface area contributed by atoms with Gasteiger partial charge in [-0.2, -0.15) is 0 Å². The lowest BCUT2D eigenvalue weighted by molar-refractivity contribution is 0.111. The van der Waals surface area contributed by atoms with E-state index in [4.69, 9.17) is 4.74 Å². The molecule has 3 rings (SSSR count). The molecular weight excluding hydrogens is 248 g/mol. The van der Waals surface area contributed by atoms with Gasteiger partial charge in [0.15, 0.2) is 0 Å². The first-order chi connectivity index (χ1) is 9.71. The molecule has 0 amide bonds. The van der Waals surface area contributed by atoms with Crippen LogP contribution in [0.5, 0.6) is 5.75 Å². The zero-order chi connectivity index (χ0) is 14.2. The molecule has 0 saturated heterocycles. The molecule has 1 aliphatic carbocycles. The molecule has 106 valence electrons. The van der Waals surface area contributed by atoms with E-state index >= 15 is 0 Å². The molecular formula is C18H22O2. The molecule has 1 aromatic carbocycles. The molecule has 2 bridgehead atoms. The van der Waals surface area contributed by atoms with Crippen LogP contribution in [0.1, 0.15) is 44.2 Å². The van der Waals surface area contributed by atoms with Crippen LogP contribution >= 0.6 is 0 Å². The van der Waals surface area contributed by atoms with Gasteiger partial charge >= 0.3 is 0 Å². The van der Waals surface area contributed by atoms with Crippen LogP contribution in [0.2, 0.25) is 0 Å². The smallest absolute Gasteiger partial charge is 0.131 e. The molecule has 2 aliphatic rings. The van der Waals surface area contributed by atoms with Gasteiger partial charge in [0.1, 0.15) is 11.4 Å². The highest BCUT2D eigenvalue weighted by molar-refractivity contribution is 5.79. The van der Waals surface area contributed by atoms with E-state index in [1.807, 2.05) is 6.08 Å². The first kappa shape index (κ1) is 13.4. The van der Waals surface area contributed by atoms with E-state index in [2.05, 4.69) is 38.1 Å². The van der Waals surface area contributed by atoms with Crippen LogP contribution in [-0.4, -0.2) is 17.3 Å². The Hall–Kier alpha value is -1.54. The Balaban J connectivity index is 2.11. The Morgan fingerprint density at radius 2 is 2.15 bits per heavy atom. The minimum absolute atomic E-state index is 0.0990. The Labute approximate surface area is 120 Å². The van der Waals surface area contributed by atoms with Gasteiger partial charge in [0.2, 0.25) is 0 Å². The maximum Gasteiger partial charge on any atom is 0.131 e. The van der Waals surface area contributed by atoms with Crippen LogP contribution in [0, 0.1) is 0 Å². The average molecular weight is 270 g/mol. The summed E-state index contributed by atoms with van der Waals surface area (Å²) in [4.78, 5) is 0. The molecule has 0 spiro atoms. The van der Waals surface area contributed by atoms with E-state index in [0.29, 0.717) is 0 Å². The number of hydrogen-bond acceptors (Lipinski definition) is 2. The Bertz CT molecular complexity index is 583. The number of rotatable bonds is 4. The first-order valence-electron chi connectivity index (χ1n) is 7.56. The summed E-state index contributed by atoms with van der Waals surface area (Å²) in [6.45, 7) is 4.45. The van der Waals surface area contributed by atoms with Gasteiger partial charge in [-0.3, -0.25) is 0 Å². The lowest BCUT2D eigenvalue weighted by Crippen LogP contribution is -2.38.